The lowest BCUT2D eigenvalue weighted by Gasteiger charge is -2.22. The molecule has 4 rings (SSSR count). The number of amides is 1. The average molecular weight is 360 g/mol. The van der Waals surface area contributed by atoms with Crippen molar-refractivity contribution in [3.05, 3.63) is 41.7 Å². The van der Waals surface area contributed by atoms with E-state index in [0.717, 1.165) is 23.0 Å². The quantitative estimate of drug-likeness (QED) is 0.785. The SMILES string of the molecule is CCCC(=O)N1CC2=C(C1)CN(S(=O)(=O)c1ccc3occc3c1)C2. The smallest absolute Gasteiger partial charge is 0.243 e. The Morgan fingerprint density at radius 3 is 2.52 bits per heavy atom. The van der Waals surface area contributed by atoms with Gasteiger partial charge in [0.25, 0.3) is 0 Å². The zero-order valence-corrected chi connectivity index (χ0v) is 14.9. The first-order valence-electron chi connectivity index (χ1n) is 8.44. The summed E-state index contributed by atoms with van der Waals surface area (Å²) in [5, 5.41) is 0.775. The van der Waals surface area contributed by atoms with Crippen molar-refractivity contribution < 1.29 is 17.6 Å². The summed E-state index contributed by atoms with van der Waals surface area (Å²) >= 11 is 0. The molecule has 0 atom stereocenters. The summed E-state index contributed by atoms with van der Waals surface area (Å²) in [5.74, 6) is 0.150. The van der Waals surface area contributed by atoms with E-state index in [1.807, 2.05) is 11.8 Å². The van der Waals surface area contributed by atoms with Crippen molar-refractivity contribution in [3.63, 3.8) is 0 Å². The number of carbonyl (C=O) groups excluding carboxylic acids is 1. The molecule has 0 unspecified atom stereocenters. The fourth-order valence-electron chi connectivity index (χ4n) is 3.52. The molecule has 6 nitrogen and oxygen atoms in total. The van der Waals surface area contributed by atoms with Crippen LogP contribution in [0.2, 0.25) is 0 Å². The van der Waals surface area contributed by atoms with E-state index in [2.05, 4.69) is 0 Å². The Balaban J connectivity index is 1.50. The third-order valence-electron chi connectivity index (χ3n) is 4.88. The molecule has 0 bridgehead atoms. The summed E-state index contributed by atoms with van der Waals surface area (Å²) in [6.45, 7) is 3.84. The van der Waals surface area contributed by atoms with E-state index < -0.39 is 10.0 Å². The van der Waals surface area contributed by atoms with Gasteiger partial charge >= 0.3 is 0 Å². The molecule has 1 amide bonds. The highest BCUT2D eigenvalue weighted by molar-refractivity contribution is 7.89. The van der Waals surface area contributed by atoms with Crippen LogP contribution in [-0.2, 0) is 14.8 Å². The Bertz CT molecular complexity index is 956. The van der Waals surface area contributed by atoms with Crippen LogP contribution >= 0.6 is 0 Å². The molecule has 0 spiro atoms. The molecule has 2 aliphatic rings. The van der Waals surface area contributed by atoms with Crippen LogP contribution in [0.15, 0.2) is 51.0 Å². The lowest BCUT2D eigenvalue weighted by atomic mass is 10.2. The molecule has 0 N–H and O–H groups in total. The maximum absolute atomic E-state index is 12.9. The monoisotopic (exact) mass is 360 g/mol. The van der Waals surface area contributed by atoms with E-state index in [9.17, 15) is 13.2 Å². The second kappa shape index (κ2) is 6.00. The highest BCUT2D eigenvalue weighted by Gasteiger charge is 2.37. The van der Waals surface area contributed by atoms with E-state index in [1.54, 1.807) is 30.5 Å². The van der Waals surface area contributed by atoms with Crippen LogP contribution in [0, 0.1) is 0 Å². The maximum atomic E-state index is 12.9. The molecule has 2 aromatic rings. The second-order valence-corrected chi connectivity index (χ2v) is 8.54. The van der Waals surface area contributed by atoms with Crippen molar-refractivity contribution in [2.24, 2.45) is 0 Å². The summed E-state index contributed by atoms with van der Waals surface area (Å²) in [6.07, 6.45) is 2.93. The van der Waals surface area contributed by atoms with Crippen molar-refractivity contribution in [1.29, 1.82) is 0 Å². The van der Waals surface area contributed by atoms with Gasteiger partial charge in [-0.05, 0) is 41.8 Å². The summed E-state index contributed by atoms with van der Waals surface area (Å²) in [7, 11) is -3.55. The van der Waals surface area contributed by atoms with Gasteiger partial charge < -0.3 is 9.32 Å². The third kappa shape index (κ3) is 2.77. The van der Waals surface area contributed by atoms with Crippen molar-refractivity contribution in [2.45, 2.75) is 24.7 Å². The normalized spacial score (nSPS) is 18.4. The molecule has 0 aliphatic carbocycles. The standard InChI is InChI=1S/C18H20N2O4S/c1-2-3-18(21)19-9-14-11-20(12-15(14)10-19)25(22,23)16-4-5-17-13(8-16)6-7-24-17/h4-8H,2-3,9-12H2,1H3. The second-order valence-electron chi connectivity index (χ2n) is 6.60. The average Bonchev–Trinajstić information content (AvgIpc) is 3.28. The molecule has 0 radical (unpaired) electrons. The Morgan fingerprint density at radius 2 is 1.84 bits per heavy atom. The summed E-state index contributed by atoms with van der Waals surface area (Å²) in [4.78, 5) is 14.1. The molecule has 2 aliphatic heterocycles. The van der Waals surface area contributed by atoms with Gasteiger partial charge in [-0.15, -0.1) is 0 Å². The Labute approximate surface area is 146 Å². The molecular formula is C18H20N2O4S. The number of benzene rings is 1. The van der Waals surface area contributed by atoms with E-state index in [4.69, 9.17) is 4.42 Å². The Kier molecular flexibility index (Phi) is 3.92. The molecule has 0 saturated heterocycles. The molecule has 0 fully saturated rings. The summed E-state index contributed by atoms with van der Waals surface area (Å²) in [6, 6.07) is 6.68. The van der Waals surface area contributed by atoms with Crippen LogP contribution in [0.1, 0.15) is 19.8 Å². The minimum atomic E-state index is -3.55. The van der Waals surface area contributed by atoms with Crippen LogP contribution in [0.3, 0.4) is 0 Å². The van der Waals surface area contributed by atoms with Gasteiger partial charge in [0.2, 0.25) is 15.9 Å². The van der Waals surface area contributed by atoms with Crippen molar-refractivity contribution >= 4 is 26.9 Å². The number of sulfonamides is 1. The molecule has 1 aromatic heterocycles. The van der Waals surface area contributed by atoms with Gasteiger partial charge in [-0.25, -0.2) is 8.42 Å². The molecule has 3 heterocycles. The van der Waals surface area contributed by atoms with Gasteiger partial charge in [0, 0.05) is 38.0 Å². The zero-order chi connectivity index (χ0) is 17.6. The molecule has 132 valence electrons. The molecule has 7 heteroatoms. The molecule has 1 aromatic carbocycles. The number of nitrogens with zero attached hydrogens (tertiary/aromatic N) is 2. The fourth-order valence-corrected chi connectivity index (χ4v) is 4.98. The largest absolute Gasteiger partial charge is 0.464 e. The first kappa shape index (κ1) is 16.4. The van der Waals surface area contributed by atoms with Gasteiger partial charge in [0.05, 0.1) is 11.2 Å². The van der Waals surface area contributed by atoms with E-state index in [-0.39, 0.29) is 10.8 Å². The topological polar surface area (TPSA) is 70.8 Å². The third-order valence-corrected chi connectivity index (χ3v) is 6.66. The van der Waals surface area contributed by atoms with Gasteiger partial charge in [-0.2, -0.15) is 4.31 Å². The lowest BCUT2D eigenvalue weighted by molar-refractivity contribution is -0.130. The predicted octanol–water partition coefficient (Wildman–Crippen LogP) is 2.38. The molecule has 25 heavy (non-hydrogen) atoms. The van der Waals surface area contributed by atoms with E-state index in [1.165, 1.54) is 4.31 Å². The number of carbonyl (C=O) groups is 1. The van der Waals surface area contributed by atoms with E-state index in [0.29, 0.717) is 38.2 Å². The minimum absolute atomic E-state index is 0.150. The summed E-state index contributed by atoms with van der Waals surface area (Å²) in [5.41, 5.74) is 2.81. The van der Waals surface area contributed by atoms with Crippen LogP contribution in [-0.4, -0.2) is 49.7 Å². The number of hydrogen-bond acceptors (Lipinski definition) is 4. The number of rotatable bonds is 4. The molecular weight excluding hydrogens is 340 g/mol. The number of hydrogen-bond donors (Lipinski definition) is 0. The highest BCUT2D eigenvalue weighted by atomic mass is 32.2. The van der Waals surface area contributed by atoms with Crippen molar-refractivity contribution in [2.75, 3.05) is 26.2 Å². The van der Waals surface area contributed by atoms with Crippen molar-refractivity contribution in [1.82, 2.24) is 9.21 Å². The maximum Gasteiger partial charge on any atom is 0.243 e. The van der Waals surface area contributed by atoms with Crippen molar-refractivity contribution in [3.8, 4) is 0 Å². The Hall–Kier alpha value is -2.12. The predicted molar refractivity (Wildman–Crippen MR) is 93.5 cm³/mol. The van der Waals surface area contributed by atoms with Crippen LogP contribution in [0.25, 0.3) is 11.0 Å². The van der Waals surface area contributed by atoms with Gasteiger partial charge in [-0.1, -0.05) is 6.92 Å². The van der Waals surface area contributed by atoms with Gasteiger partial charge in [0.15, 0.2) is 0 Å². The molecule has 0 saturated carbocycles. The Morgan fingerprint density at radius 1 is 1.12 bits per heavy atom. The van der Waals surface area contributed by atoms with Crippen LogP contribution < -0.4 is 0 Å². The first-order chi connectivity index (χ1) is 12.0. The van der Waals surface area contributed by atoms with E-state index >= 15 is 0 Å². The van der Waals surface area contributed by atoms with Crippen LogP contribution in [0.5, 0.6) is 0 Å². The summed E-state index contributed by atoms with van der Waals surface area (Å²) < 4.78 is 32.6. The van der Waals surface area contributed by atoms with Gasteiger partial charge in [-0.3, -0.25) is 4.79 Å². The zero-order valence-electron chi connectivity index (χ0n) is 14.1. The van der Waals surface area contributed by atoms with Gasteiger partial charge in [0.1, 0.15) is 5.58 Å². The first-order valence-corrected chi connectivity index (χ1v) is 9.88. The number of furan rings is 1. The van der Waals surface area contributed by atoms with Crippen LogP contribution in [0.4, 0.5) is 0 Å². The lowest BCUT2D eigenvalue weighted by Crippen LogP contribution is -2.36. The fraction of sp³-hybridized carbons (Fsp3) is 0.389. The minimum Gasteiger partial charge on any atom is -0.464 e. The highest BCUT2D eigenvalue weighted by Crippen LogP contribution is 2.31. The number of fused-ring (bicyclic) bond motifs is 1.